The molecular formula is C14H29N3O2. The number of rotatable bonds is 9. The van der Waals surface area contributed by atoms with Crippen LogP contribution in [-0.2, 0) is 9.59 Å². The van der Waals surface area contributed by atoms with Crippen LogP contribution in [0.1, 0.15) is 33.6 Å². The quantitative estimate of drug-likeness (QED) is 0.679. The Kier molecular flexibility index (Phi) is 9.21. The predicted octanol–water partition coefficient (Wildman–Crippen LogP) is 0.949. The summed E-state index contributed by atoms with van der Waals surface area (Å²) >= 11 is 0. The van der Waals surface area contributed by atoms with Crippen LogP contribution in [0.3, 0.4) is 0 Å². The molecule has 0 aliphatic carbocycles. The fourth-order valence-electron chi connectivity index (χ4n) is 1.57. The molecule has 0 aliphatic rings. The van der Waals surface area contributed by atoms with Crippen molar-refractivity contribution in [3.05, 3.63) is 0 Å². The monoisotopic (exact) mass is 271 g/mol. The van der Waals surface area contributed by atoms with Gasteiger partial charge in [-0.25, -0.2) is 0 Å². The molecule has 5 heteroatoms. The summed E-state index contributed by atoms with van der Waals surface area (Å²) in [5.74, 6) is 0.641. The average Bonchev–Trinajstić information content (AvgIpc) is 2.27. The van der Waals surface area contributed by atoms with Crippen molar-refractivity contribution in [1.82, 2.24) is 15.1 Å². The average molecular weight is 271 g/mol. The van der Waals surface area contributed by atoms with Crippen molar-refractivity contribution in [2.45, 2.75) is 33.6 Å². The van der Waals surface area contributed by atoms with Crippen molar-refractivity contribution >= 4 is 11.8 Å². The molecule has 0 saturated heterocycles. The molecule has 5 nitrogen and oxygen atoms in total. The fourth-order valence-corrected chi connectivity index (χ4v) is 1.57. The maximum Gasteiger partial charge on any atom is 0.221 e. The Labute approximate surface area is 117 Å². The van der Waals surface area contributed by atoms with Crippen molar-refractivity contribution in [3.8, 4) is 0 Å². The van der Waals surface area contributed by atoms with Crippen LogP contribution in [0.2, 0.25) is 0 Å². The Morgan fingerprint density at radius 1 is 1.11 bits per heavy atom. The van der Waals surface area contributed by atoms with Crippen molar-refractivity contribution < 1.29 is 9.59 Å². The molecule has 0 aromatic carbocycles. The molecule has 0 fully saturated rings. The minimum absolute atomic E-state index is 0.0248. The molecule has 2 amide bonds. The van der Waals surface area contributed by atoms with Gasteiger partial charge in [0, 0.05) is 39.5 Å². The second kappa shape index (κ2) is 9.78. The molecule has 0 saturated carbocycles. The number of carbonyl (C=O) groups is 2. The van der Waals surface area contributed by atoms with Gasteiger partial charge in [0.2, 0.25) is 11.8 Å². The van der Waals surface area contributed by atoms with Gasteiger partial charge in [0.25, 0.3) is 0 Å². The van der Waals surface area contributed by atoms with Gasteiger partial charge in [0.15, 0.2) is 0 Å². The maximum atomic E-state index is 11.6. The van der Waals surface area contributed by atoms with E-state index in [9.17, 15) is 9.59 Å². The lowest BCUT2D eigenvalue weighted by Gasteiger charge is -2.22. The first kappa shape index (κ1) is 17.9. The highest BCUT2D eigenvalue weighted by Gasteiger charge is 2.11. The van der Waals surface area contributed by atoms with E-state index in [1.54, 1.807) is 11.8 Å². The van der Waals surface area contributed by atoms with Crippen LogP contribution >= 0.6 is 0 Å². The van der Waals surface area contributed by atoms with Crippen molar-refractivity contribution in [1.29, 1.82) is 0 Å². The van der Waals surface area contributed by atoms with Crippen molar-refractivity contribution in [3.63, 3.8) is 0 Å². The van der Waals surface area contributed by atoms with E-state index in [-0.39, 0.29) is 11.8 Å². The van der Waals surface area contributed by atoms with Crippen LogP contribution in [0.25, 0.3) is 0 Å². The normalized spacial score (nSPS) is 10.9. The zero-order valence-corrected chi connectivity index (χ0v) is 13.0. The molecule has 19 heavy (non-hydrogen) atoms. The number of hydrogen-bond donors (Lipinski definition) is 1. The number of nitrogens with one attached hydrogen (secondary N) is 1. The fraction of sp³-hybridized carbons (Fsp3) is 0.857. The van der Waals surface area contributed by atoms with Gasteiger partial charge in [-0.1, -0.05) is 13.8 Å². The molecule has 1 N–H and O–H groups in total. The molecule has 0 unspecified atom stereocenters. The van der Waals surface area contributed by atoms with Gasteiger partial charge in [0.05, 0.1) is 0 Å². The zero-order chi connectivity index (χ0) is 14.8. The standard InChI is InChI=1S/C14H29N3O2/c1-12(2)6-8-15-14(19)7-9-17(13(3)18)11-10-16(4)5/h12H,6-11H2,1-5H3,(H,15,19). The van der Waals surface area contributed by atoms with E-state index >= 15 is 0 Å². The Morgan fingerprint density at radius 3 is 2.21 bits per heavy atom. The van der Waals surface area contributed by atoms with Crippen molar-refractivity contribution in [2.75, 3.05) is 40.3 Å². The highest BCUT2D eigenvalue weighted by atomic mass is 16.2. The Bertz CT molecular complexity index is 278. The summed E-state index contributed by atoms with van der Waals surface area (Å²) in [7, 11) is 3.94. The second-order valence-electron chi connectivity index (χ2n) is 5.59. The second-order valence-corrected chi connectivity index (χ2v) is 5.59. The lowest BCUT2D eigenvalue weighted by atomic mass is 10.1. The van der Waals surface area contributed by atoms with E-state index in [0.29, 0.717) is 32.0 Å². The smallest absolute Gasteiger partial charge is 0.221 e. The number of likely N-dealkylation sites (N-methyl/N-ethyl adjacent to an activating group) is 1. The predicted molar refractivity (Wildman–Crippen MR) is 77.9 cm³/mol. The van der Waals surface area contributed by atoms with Crippen LogP contribution in [0.5, 0.6) is 0 Å². The van der Waals surface area contributed by atoms with Gasteiger partial charge in [-0.15, -0.1) is 0 Å². The number of nitrogens with zero attached hydrogens (tertiary/aromatic N) is 2. The number of hydrogen-bond acceptors (Lipinski definition) is 3. The third-order valence-electron chi connectivity index (χ3n) is 2.92. The van der Waals surface area contributed by atoms with Gasteiger partial charge in [-0.2, -0.15) is 0 Å². The van der Waals surface area contributed by atoms with E-state index in [1.165, 1.54) is 0 Å². The van der Waals surface area contributed by atoms with E-state index in [2.05, 4.69) is 19.2 Å². The third kappa shape index (κ3) is 10.5. The largest absolute Gasteiger partial charge is 0.356 e. The lowest BCUT2D eigenvalue weighted by molar-refractivity contribution is -0.129. The number of amides is 2. The molecule has 0 aromatic heterocycles. The summed E-state index contributed by atoms with van der Waals surface area (Å²) < 4.78 is 0. The van der Waals surface area contributed by atoms with Crippen LogP contribution in [0.15, 0.2) is 0 Å². The van der Waals surface area contributed by atoms with Crippen LogP contribution in [0, 0.1) is 5.92 Å². The van der Waals surface area contributed by atoms with E-state index in [4.69, 9.17) is 0 Å². The SMILES string of the molecule is CC(=O)N(CCC(=O)NCCC(C)C)CCN(C)C. The van der Waals surface area contributed by atoms with Crippen molar-refractivity contribution in [2.24, 2.45) is 5.92 Å². The molecule has 0 atom stereocenters. The Morgan fingerprint density at radius 2 is 1.74 bits per heavy atom. The van der Waals surface area contributed by atoms with Gasteiger partial charge in [-0.05, 0) is 26.4 Å². The summed E-state index contributed by atoms with van der Waals surface area (Å²) in [5.41, 5.74) is 0. The van der Waals surface area contributed by atoms with Crippen LogP contribution < -0.4 is 5.32 Å². The first-order chi connectivity index (χ1) is 8.82. The number of carbonyl (C=O) groups excluding carboxylic acids is 2. The summed E-state index contributed by atoms with van der Waals surface area (Å²) in [6.07, 6.45) is 1.37. The van der Waals surface area contributed by atoms with E-state index in [0.717, 1.165) is 13.0 Å². The molecule has 0 bridgehead atoms. The van der Waals surface area contributed by atoms with Crippen LogP contribution in [-0.4, -0.2) is 61.9 Å². The molecule has 0 aromatic rings. The van der Waals surface area contributed by atoms with Gasteiger partial charge < -0.3 is 15.1 Å². The minimum atomic E-state index is 0.0248. The summed E-state index contributed by atoms with van der Waals surface area (Å²) in [4.78, 5) is 26.8. The third-order valence-corrected chi connectivity index (χ3v) is 2.92. The molecule has 0 spiro atoms. The maximum absolute atomic E-state index is 11.6. The van der Waals surface area contributed by atoms with Crippen LogP contribution in [0.4, 0.5) is 0 Å². The van der Waals surface area contributed by atoms with E-state index in [1.807, 2.05) is 19.0 Å². The lowest BCUT2D eigenvalue weighted by Crippen LogP contribution is -2.38. The zero-order valence-electron chi connectivity index (χ0n) is 13.0. The summed E-state index contributed by atoms with van der Waals surface area (Å²) in [6, 6.07) is 0. The van der Waals surface area contributed by atoms with Gasteiger partial charge in [-0.3, -0.25) is 9.59 Å². The molecular weight excluding hydrogens is 242 g/mol. The van der Waals surface area contributed by atoms with Gasteiger partial charge >= 0.3 is 0 Å². The first-order valence-electron chi connectivity index (χ1n) is 7.00. The summed E-state index contributed by atoms with van der Waals surface area (Å²) in [6.45, 7) is 8.50. The molecule has 0 heterocycles. The molecule has 0 aliphatic heterocycles. The molecule has 0 radical (unpaired) electrons. The first-order valence-corrected chi connectivity index (χ1v) is 7.00. The highest BCUT2D eigenvalue weighted by molar-refractivity contribution is 5.77. The highest BCUT2D eigenvalue weighted by Crippen LogP contribution is 1.97. The Hall–Kier alpha value is -1.10. The van der Waals surface area contributed by atoms with E-state index < -0.39 is 0 Å². The Balaban J connectivity index is 3.90. The molecule has 112 valence electrons. The topological polar surface area (TPSA) is 52.7 Å². The molecule has 0 rings (SSSR count). The summed E-state index contributed by atoms with van der Waals surface area (Å²) in [5, 5.41) is 2.89. The minimum Gasteiger partial charge on any atom is -0.356 e. The van der Waals surface area contributed by atoms with Gasteiger partial charge in [0.1, 0.15) is 0 Å².